The fraction of sp³-hybridized carbons (Fsp3) is 0.0250. The molecule has 7 aromatic carbocycles. The molecular weight excluding hydrogens is 508 g/mol. The number of rotatable bonds is 4. The van der Waals surface area contributed by atoms with E-state index in [9.17, 15) is 5.48 Å². The minimum absolute atomic E-state index is 0.0688. The molecule has 8 aromatic rings. The van der Waals surface area contributed by atoms with Gasteiger partial charge in [-0.2, -0.15) is 0 Å². The Labute approximate surface area is 260 Å². The van der Waals surface area contributed by atoms with E-state index in [1.54, 1.807) is 60.7 Å². The van der Waals surface area contributed by atoms with E-state index in [1.807, 2.05) is 42.5 Å². The van der Waals surface area contributed by atoms with E-state index < -0.39 is 31.0 Å². The Hall–Kier alpha value is -5.47. The van der Waals surface area contributed by atoms with Crippen LogP contribution in [0.5, 0.6) is 0 Å². The average Bonchev–Trinajstić information content (AvgIpc) is 3.58. The van der Waals surface area contributed by atoms with Crippen molar-refractivity contribution in [3.05, 3.63) is 157 Å². The van der Waals surface area contributed by atoms with Gasteiger partial charge in [-0.15, -0.1) is 0 Å². The van der Waals surface area contributed by atoms with Crippen molar-refractivity contribution in [2.24, 2.45) is 0 Å². The van der Waals surface area contributed by atoms with Crippen LogP contribution in [0.4, 0.5) is 0 Å². The molecular formula is C40H28N2. The number of imidazole rings is 1. The Morgan fingerprint density at radius 1 is 0.548 bits per heavy atom. The molecule has 0 fully saturated rings. The highest BCUT2D eigenvalue weighted by Crippen LogP contribution is 2.44. The molecule has 0 amide bonds. The lowest BCUT2D eigenvalue weighted by molar-refractivity contribution is 1.00. The molecule has 2 heteroatoms. The molecule has 0 aliphatic heterocycles. The summed E-state index contributed by atoms with van der Waals surface area (Å²) in [6.45, 7) is -2.59. The Morgan fingerprint density at radius 2 is 1.10 bits per heavy atom. The maximum absolute atomic E-state index is 9.26. The first kappa shape index (κ1) is 15.5. The van der Waals surface area contributed by atoms with Crippen LogP contribution in [-0.2, 0) is 0 Å². The smallest absolute Gasteiger partial charge is 0.111 e. The summed E-state index contributed by atoms with van der Waals surface area (Å²) in [6, 6.07) is 27.2. The van der Waals surface area contributed by atoms with Gasteiger partial charge in [-0.25, -0.2) is 4.98 Å². The summed E-state index contributed by atoms with van der Waals surface area (Å²) in [4.78, 5) is 4.43. The van der Waals surface area contributed by atoms with E-state index in [0.717, 1.165) is 11.1 Å². The van der Waals surface area contributed by atoms with Crippen molar-refractivity contribution in [1.82, 2.24) is 9.55 Å². The number of nitrogens with zero attached hydrogens (tertiary/aromatic N) is 2. The van der Waals surface area contributed by atoms with E-state index in [2.05, 4.69) is 4.98 Å². The number of hydrogen-bond donors (Lipinski definition) is 0. The third-order valence-corrected chi connectivity index (χ3v) is 7.61. The van der Waals surface area contributed by atoms with Crippen LogP contribution in [0.2, 0.25) is 0 Å². The molecule has 1 aromatic heterocycles. The number of aryl methyl sites for hydroxylation is 1. The summed E-state index contributed by atoms with van der Waals surface area (Å²) in [6.07, 6.45) is 0. The zero-order valence-electron chi connectivity index (χ0n) is 33.2. The monoisotopic (exact) mass is 547 g/mol. The lowest BCUT2D eigenvalue weighted by Gasteiger charge is -2.18. The first-order valence-electron chi connectivity index (χ1n) is 19.0. The molecule has 0 atom stereocenters. The minimum atomic E-state index is -2.59. The van der Waals surface area contributed by atoms with Gasteiger partial charge >= 0.3 is 0 Å². The number of hydrogen-bond acceptors (Lipinski definition) is 1. The highest BCUT2D eigenvalue weighted by molar-refractivity contribution is 6.21. The lowest BCUT2D eigenvalue weighted by atomic mass is 9.85. The lowest BCUT2D eigenvalue weighted by Crippen LogP contribution is -1.97. The summed E-state index contributed by atoms with van der Waals surface area (Å²) >= 11 is 0. The number of para-hydroxylation sites is 2. The van der Waals surface area contributed by atoms with Crippen LogP contribution in [0.1, 0.15) is 20.9 Å². The Kier molecular flexibility index (Phi) is 3.64. The molecule has 8 rings (SSSR count). The number of aromatic nitrogens is 2. The molecule has 0 saturated carbocycles. The Bertz CT molecular complexity index is 2710. The highest BCUT2D eigenvalue weighted by Gasteiger charge is 2.17. The van der Waals surface area contributed by atoms with Gasteiger partial charge in [-0.1, -0.05) is 127 Å². The van der Waals surface area contributed by atoms with Crippen LogP contribution >= 0.6 is 0 Å². The second-order valence-electron chi connectivity index (χ2n) is 10.0. The van der Waals surface area contributed by atoms with Crippen molar-refractivity contribution in [3.8, 4) is 39.1 Å². The van der Waals surface area contributed by atoms with Crippen molar-refractivity contribution in [2.75, 3.05) is 0 Å². The predicted octanol–water partition coefficient (Wildman–Crippen LogP) is 10.6. The van der Waals surface area contributed by atoms with Gasteiger partial charge in [-0.3, -0.25) is 4.57 Å². The summed E-state index contributed by atoms with van der Waals surface area (Å²) in [5.41, 5.74) is 4.51. The summed E-state index contributed by atoms with van der Waals surface area (Å²) in [5.74, 6) is -0.177. The third-order valence-electron chi connectivity index (χ3n) is 7.61. The summed E-state index contributed by atoms with van der Waals surface area (Å²) in [5, 5.41) is 0.328. The minimum Gasteiger partial charge on any atom is -0.297 e. The maximum atomic E-state index is 9.26. The van der Waals surface area contributed by atoms with Gasteiger partial charge in [0.25, 0.3) is 0 Å². The Morgan fingerprint density at radius 3 is 1.76 bits per heavy atom. The van der Waals surface area contributed by atoms with Crippen molar-refractivity contribution in [2.45, 2.75) is 6.85 Å². The molecule has 0 bridgehead atoms. The van der Waals surface area contributed by atoms with Gasteiger partial charge < -0.3 is 0 Å². The molecule has 42 heavy (non-hydrogen) atoms. The normalized spacial score (nSPS) is 15.5. The number of fused-ring (bicyclic) bond motifs is 3. The maximum Gasteiger partial charge on any atom is 0.111 e. The van der Waals surface area contributed by atoms with Crippen LogP contribution in [0, 0.1) is 6.85 Å². The van der Waals surface area contributed by atoms with Gasteiger partial charge in [0.1, 0.15) is 5.82 Å². The van der Waals surface area contributed by atoms with Crippen LogP contribution in [0.25, 0.3) is 71.6 Å². The van der Waals surface area contributed by atoms with Crippen molar-refractivity contribution in [1.29, 1.82) is 0 Å². The molecule has 2 nitrogen and oxygen atoms in total. The topological polar surface area (TPSA) is 17.8 Å². The zero-order valence-corrected chi connectivity index (χ0v) is 22.2. The van der Waals surface area contributed by atoms with Crippen LogP contribution < -0.4 is 0 Å². The van der Waals surface area contributed by atoms with E-state index in [0.29, 0.717) is 27.8 Å². The van der Waals surface area contributed by atoms with Gasteiger partial charge in [0.15, 0.2) is 0 Å². The molecule has 1 heterocycles. The number of benzene rings is 7. The fourth-order valence-corrected chi connectivity index (χ4v) is 5.75. The van der Waals surface area contributed by atoms with Crippen LogP contribution in [0.15, 0.2) is 151 Å². The fourth-order valence-electron chi connectivity index (χ4n) is 5.75. The molecule has 0 spiro atoms. The standard InChI is InChI=1S/C40H28N2/c1-27-41-37-20-9-10-21-38(37)42(27)32-15-11-14-31(26-32)40-35-18-7-5-16-33(35)39(34-17-6-8-19-36(34)40)30-24-22-29(23-25-30)28-12-3-2-4-13-28/h2-26H,1H3/i1D3,5D,6D,7D,8D,16D,17D,18D,19D. The molecule has 0 unspecified atom stereocenters. The van der Waals surface area contributed by atoms with E-state index in [4.69, 9.17) is 9.60 Å². The highest BCUT2D eigenvalue weighted by atomic mass is 15.1. The predicted molar refractivity (Wildman–Crippen MR) is 177 cm³/mol. The van der Waals surface area contributed by atoms with Gasteiger partial charge in [0.05, 0.1) is 22.0 Å². The quantitative estimate of drug-likeness (QED) is 0.200. The van der Waals surface area contributed by atoms with Crippen molar-refractivity contribution >= 4 is 32.6 Å². The van der Waals surface area contributed by atoms with Crippen LogP contribution in [-0.4, -0.2) is 9.55 Å². The van der Waals surface area contributed by atoms with E-state index in [1.165, 1.54) is 4.57 Å². The molecule has 0 N–H and O–H groups in total. The molecule has 0 aliphatic rings. The Balaban J connectivity index is 1.53. The van der Waals surface area contributed by atoms with Gasteiger partial charge in [-0.05, 0) is 86.0 Å². The van der Waals surface area contributed by atoms with Gasteiger partial charge in [0.2, 0.25) is 0 Å². The molecule has 0 saturated heterocycles. The average molecular weight is 548 g/mol. The van der Waals surface area contributed by atoms with E-state index >= 15 is 0 Å². The molecule has 0 radical (unpaired) electrons. The van der Waals surface area contributed by atoms with Crippen molar-refractivity contribution in [3.63, 3.8) is 0 Å². The zero-order chi connectivity index (χ0) is 37.5. The molecule has 0 aliphatic carbocycles. The summed E-state index contributed by atoms with van der Waals surface area (Å²) < 4.78 is 98.2. The molecule has 198 valence electrons. The second kappa shape index (κ2) is 9.87. The first-order chi connectivity index (χ1) is 25.3. The third kappa shape index (κ3) is 3.92. The SMILES string of the molecule is [2H]c1c([2H])c([2H])c2c(-c3cccc(-n4c(C([2H])([2H])[2H])nc5ccccc54)c3)c3c([2H])c([2H])c([2H])c([2H])c3c(-c3ccc(-c4ccccc4)cc3)c2c1[2H]. The van der Waals surface area contributed by atoms with Crippen molar-refractivity contribution < 1.29 is 15.1 Å². The first-order valence-corrected chi connectivity index (χ1v) is 13.5. The second-order valence-corrected chi connectivity index (χ2v) is 10.0. The largest absolute Gasteiger partial charge is 0.297 e. The van der Waals surface area contributed by atoms with Crippen LogP contribution in [0.3, 0.4) is 0 Å². The van der Waals surface area contributed by atoms with Gasteiger partial charge in [0, 0.05) is 9.80 Å². The van der Waals surface area contributed by atoms with E-state index in [-0.39, 0.29) is 62.7 Å². The summed E-state index contributed by atoms with van der Waals surface area (Å²) in [7, 11) is 0.